The molecule has 1 atom stereocenters. The molecule has 0 saturated carbocycles. The Labute approximate surface area is 134 Å². The van der Waals surface area contributed by atoms with Crippen LogP contribution >= 0.6 is 22.6 Å². The van der Waals surface area contributed by atoms with Crippen molar-refractivity contribution in [1.29, 1.82) is 0 Å². The molecule has 1 heterocycles. The molecule has 0 aliphatic carbocycles. The second-order valence-electron chi connectivity index (χ2n) is 5.35. The Morgan fingerprint density at radius 3 is 2.95 bits per heavy atom. The first-order valence-electron chi connectivity index (χ1n) is 7.34. The summed E-state index contributed by atoms with van der Waals surface area (Å²) in [6.45, 7) is 5.01. The van der Waals surface area contributed by atoms with Gasteiger partial charge in [-0.1, -0.05) is 18.6 Å². The molecule has 0 N–H and O–H groups in total. The minimum Gasteiger partial charge on any atom is -0.462 e. The fourth-order valence-electron chi connectivity index (χ4n) is 2.63. The van der Waals surface area contributed by atoms with E-state index in [-0.39, 0.29) is 5.97 Å². The largest absolute Gasteiger partial charge is 0.462 e. The molecule has 1 aliphatic heterocycles. The lowest BCUT2D eigenvalue weighted by molar-refractivity contribution is 0.0474. The van der Waals surface area contributed by atoms with E-state index in [2.05, 4.69) is 34.4 Å². The fraction of sp³-hybridized carbons (Fsp3) is 0.562. The van der Waals surface area contributed by atoms with Gasteiger partial charge in [-0.05, 0) is 67.5 Å². The van der Waals surface area contributed by atoms with Crippen molar-refractivity contribution in [2.45, 2.75) is 38.6 Å². The topological polar surface area (TPSA) is 29.5 Å². The Morgan fingerprint density at radius 1 is 1.40 bits per heavy atom. The molecule has 0 spiro atoms. The monoisotopic (exact) mass is 387 g/mol. The van der Waals surface area contributed by atoms with Crippen molar-refractivity contribution in [3.63, 3.8) is 0 Å². The first kappa shape index (κ1) is 15.8. The van der Waals surface area contributed by atoms with Gasteiger partial charge in [0.2, 0.25) is 0 Å². The highest BCUT2D eigenvalue weighted by atomic mass is 127. The van der Waals surface area contributed by atoms with Crippen LogP contribution in [-0.2, 0) is 4.74 Å². The number of halogens is 1. The van der Waals surface area contributed by atoms with Crippen molar-refractivity contribution in [3.8, 4) is 0 Å². The number of carbonyl (C=O) groups is 1. The summed E-state index contributed by atoms with van der Waals surface area (Å²) in [5.41, 5.74) is 0.666. The third-order valence-corrected chi connectivity index (χ3v) is 4.80. The van der Waals surface area contributed by atoms with E-state index in [1.807, 2.05) is 24.3 Å². The molecule has 3 nitrogen and oxygen atoms in total. The van der Waals surface area contributed by atoms with Gasteiger partial charge in [-0.3, -0.25) is 0 Å². The highest BCUT2D eigenvalue weighted by Gasteiger charge is 2.17. The molecule has 0 bridgehead atoms. The smallest absolute Gasteiger partial charge is 0.339 e. The number of hydrogen-bond donors (Lipinski definition) is 0. The van der Waals surface area contributed by atoms with E-state index in [1.165, 1.54) is 25.8 Å². The van der Waals surface area contributed by atoms with Gasteiger partial charge in [0.15, 0.2) is 0 Å². The predicted molar refractivity (Wildman–Crippen MR) is 88.9 cm³/mol. The van der Waals surface area contributed by atoms with Gasteiger partial charge >= 0.3 is 5.97 Å². The SMILES string of the molecule is CC1CCCCN1CCCOC(=O)c1ccccc1I. The predicted octanol–water partition coefficient (Wildman–Crippen LogP) is 3.71. The van der Waals surface area contributed by atoms with E-state index < -0.39 is 0 Å². The summed E-state index contributed by atoms with van der Waals surface area (Å²) in [6.07, 6.45) is 4.85. The van der Waals surface area contributed by atoms with E-state index in [0.717, 1.165) is 16.5 Å². The molecule has 20 heavy (non-hydrogen) atoms. The Hall–Kier alpha value is -0.620. The van der Waals surface area contributed by atoms with E-state index in [4.69, 9.17) is 4.74 Å². The molecule has 0 radical (unpaired) electrons. The van der Waals surface area contributed by atoms with Crippen molar-refractivity contribution in [1.82, 2.24) is 4.90 Å². The molecular weight excluding hydrogens is 365 g/mol. The zero-order valence-electron chi connectivity index (χ0n) is 12.0. The lowest BCUT2D eigenvalue weighted by Crippen LogP contribution is -2.38. The van der Waals surface area contributed by atoms with Crippen LogP contribution in [0.4, 0.5) is 0 Å². The molecule has 4 heteroatoms. The Morgan fingerprint density at radius 2 is 2.20 bits per heavy atom. The Bertz CT molecular complexity index is 450. The molecule has 110 valence electrons. The quantitative estimate of drug-likeness (QED) is 0.438. The van der Waals surface area contributed by atoms with Crippen LogP contribution < -0.4 is 0 Å². The third-order valence-electron chi connectivity index (χ3n) is 3.86. The van der Waals surface area contributed by atoms with Crippen LogP contribution in [0.15, 0.2) is 24.3 Å². The summed E-state index contributed by atoms with van der Waals surface area (Å²) in [5.74, 6) is -0.207. The summed E-state index contributed by atoms with van der Waals surface area (Å²) in [6, 6.07) is 8.21. The van der Waals surface area contributed by atoms with Crippen molar-refractivity contribution in [2.24, 2.45) is 0 Å². The molecule has 2 rings (SSSR count). The highest BCUT2D eigenvalue weighted by molar-refractivity contribution is 14.1. The number of piperidine rings is 1. The van der Waals surface area contributed by atoms with Gasteiger partial charge in [0.1, 0.15) is 0 Å². The average Bonchev–Trinajstić information content (AvgIpc) is 2.45. The number of esters is 1. The molecule has 0 aromatic heterocycles. The molecule has 1 fully saturated rings. The lowest BCUT2D eigenvalue weighted by Gasteiger charge is -2.33. The summed E-state index contributed by atoms with van der Waals surface area (Å²) >= 11 is 2.17. The zero-order chi connectivity index (χ0) is 14.4. The summed E-state index contributed by atoms with van der Waals surface area (Å²) in [5, 5.41) is 0. The van der Waals surface area contributed by atoms with E-state index >= 15 is 0 Å². The second kappa shape index (κ2) is 7.98. The molecule has 1 aliphatic rings. The second-order valence-corrected chi connectivity index (χ2v) is 6.51. The van der Waals surface area contributed by atoms with Gasteiger partial charge in [-0.15, -0.1) is 0 Å². The maximum atomic E-state index is 11.9. The van der Waals surface area contributed by atoms with Crippen LogP contribution in [0.25, 0.3) is 0 Å². The van der Waals surface area contributed by atoms with Crippen LogP contribution in [0.3, 0.4) is 0 Å². The first-order chi connectivity index (χ1) is 9.68. The number of ether oxygens (including phenoxy) is 1. The third kappa shape index (κ3) is 4.45. The van der Waals surface area contributed by atoms with Crippen LogP contribution in [-0.4, -0.2) is 36.6 Å². The standard InChI is InChI=1S/C16H22INO2/c1-13-7-4-5-10-18(13)11-6-12-20-16(19)14-8-2-3-9-15(14)17/h2-3,8-9,13H,4-7,10-12H2,1H3. The van der Waals surface area contributed by atoms with Crippen molar-refractivity contribution < 1.29 is 9.53 Å². The number of nitrogens with zero attached hydrogens (tertiary/aromatic N) is 1. The van der Waals surface area contributed by atoms with Gasteiger partial charge in [0.25, 0.3) is 0 Å². The normalized spacial score (nSPS) is 19.8. The van der Waals surface area contributed by atoms with Gasteiger partial charge in [-0.25, -0.2) is 4.79 Å². The van der Waals surface area contributed by atoms with Crippen LogP contribution in [0.5, 0.6) is 0 Å². The molecule has 1 aromatic rings. The van der Waals surface area contributed by atoms with Crippen LogP contribution in [0.1, 0.15) is 43.0 Å². The number of likely N-dealkylation sites (tertiary alicyclic amines) is 1. The summed E-state index contributed by atoms with van der Waals surface area (Å²) in [7, 11) is 0. The van der Waals surface area contributed by atoms with Crippen LogP contribution in [0.2, 0.25) is 0 Å². The molecule has 1 unspecified atom stereocenters. The molecular formula is C16H22INO2. The molecule has 0 amide bonds. The first-order valence-corrected chi connectivity index (χ1v) is 8.42. The average molecular weight is 387 g/mol. The minimum absolute atomic E-state index is 0.207. The number of hydrogen-bond acceptors (Lipinski definition) is 3. The van der Waals surface area contributed by atoms with Gasteiger partial charge in [0.05, 0.1) is 12.2 Å². The van der Waals surface area contributed by atoms with E-state index in [1.54, 1.807) is 0 Å². The highest BCUT2D eigenvalue weighted by Crippen LogP contribution is 2.16. The maximum Gasteiger partial charge on any atom is 0.339 e. The van der Waals surface area contributed by atoms with E-state index in [0.29, 0.717) is 18.2 Å². The summed E-state index contributed by atoms with van der Waals surface area (Å²) < 4.78 is 6.31. The van der Waals surface area contributed by atoms with Gasteiger partial charge in [-0.2, -0.15) is 0 Å². The maximum absolute atomic E-state index is 11.9. The molecule has 1 saturated heterocycles. The Balaban J connectivity index is 1.71. The summed E-state index contributed by atoms with van der Waals surface area (Å²) in [4.78, 5) is 14.4. The van der Waals surface area contributed by atoms with Gasteiger partial charge < -0.3 is 9.64 Å². The fourth-order valence-corrected chi connectivity index (χ4v) is 3.23. The molecule has 1 aromatic carbocycles. The lowest BCUT2D eigenvalue weighted by atomic mass is 10.0. The minimum atomic E-state index is -0.207. The van der Waals surface area contributed by atoms with Crippen molar-refractivity contribution in [3.05, 3.63) is 33.4 Å². The Kier molecular flexibility index (Phi) is 6.29. The van der Waals surface area contributed by atoms with Crippen molar-refractivity contribution >= 4 is 28.6 Å². The number of rotatable bonds is 5. The van der Waals surface area contributed by atoms with Gasteiger partial charge in [0, 0.05) is 16.2 Å². The van der Waals surface area contributed by atoms with Crippen LogP contribution in [0, 0.1) is 3.57 Å². The number of carbonyl (C=O) groups excluding carboxylic acids is 1. The van der Waals surface area contributed by atoms with E-state index in [9.17, 15) is 4.79 Å². The number of benzene rings is 1. The zero-order valence-corrected chi connectivity index (χ0v) is 14.1. The van der Waals surface area contributed by atoms with Crippen molar-refractivity contribution in [2.75, 3.05) is 19.7 Å².